The topological polar surface area (TPSA) is 68.9 Å². The number of rotatable bonds is 7. The Kier molecular flexibility index (Phi) is 10.4. The largest absolute Gasteiger partial charge is 0.383 e. The molecule has 0 saturated heterocycles. The van der Waals surface area contributed by atoms with Crippen LogP contribution in [0.25, 0.3) is 0 Å². The van der Waals surface area contributed by atoms with Crippen LogP contribution in [0.15, 0.2) is 29.3 Å². The molecule has 0 radical (unpaired) electrons. The van der Waals surface area contributed by atoms with E-state index in [2.05, 4.69) is 43.2 Å². The Hall–Kier alpha value is -0.860. The van der Waals surface area contributed by atoms with Gasteiger partial charge in [-0.05, 0) is 38.8 Å². The van der Waals surface area contributed by atoms with Crippen molar-refractivity contribution in [2.24, 2.45) is 10.7 Å². The maximum absolute atomic E-state index is 5.87. The highest BCUT2D eigenvalue weighted by atomic mass is 127. The molecule has 0 aromatic heterocycles. The molecule has 0 heterocycles. The molecule has 3 N–H and O–H groups in total. The second kappa shape index (κ2) is 10.8. The summed E-state index contributed by atoms with van der Waals surface area (Å²) in [6, 6.07) is 8.35. The molecule has 0 spiro atoms. The number of hydrogen-bond acceptors (Lipinski definition) is 3. The molecule has 0 aliphatic carbocycles. The van der Waals surface area contributed by atoms with Crippen LogP contribution in [0, 0.1) is 0 Å². The van der Waals surface area contributed by atoms with Gasteiger partial charge in [-0.2, -0.15) is 0 Å². The van der Waals surface area contributed by atoms with Gasteiger partial charge in [0, 0.05) is 13.2 Å². The van der Waals surface area contributed by atoms with Crippen molar-refractivity contribution in [1.29, 1.82) is 0 Å². The lowest BCUT2D eigenvalue weighted by molar-refractivity contribution is -0.0149. The van der Waals surface area contributed by atoms with Gasteiger partial charge < -0.3 is 20.5 Å². The van der Waals surface area contributed by atoms with Crippen LogP contribution in [-0.4, -0.2) is 31.3 Å². The van der Waals surface area contributed by atoms with E-state index in [1.165, 1.54) is 0 Å². The van der Waals surface area contributed by atoms with Crippen LogP contribution in [0.3, 0.4) is 0 Å². The number of benzene rings is 1. The number of methoxy groups -OCH3 is 1. The number of aliphatic imine (C=N–C) groups is 1. The molecule has 5 nitrogen and oxygen atoms in total. The fourth-order valence-corrected chi connectivity index (χ4v) is 1.88. The average molecular weight is 435 g/mol. The van der Waals surface area contributed by atoms with Crippen LogP contribution in [0.1, 0.15) is 38.8 Å². The van der Waals surface area contributed by atoms with Crippen molar-refractivity contribution in [2.45, 2.75) is 52.5 Å². The minimum absolute atomic E-state index is 0. The van der Waals surface area contributed by atoms with Gasteiger partial charge in [0.05, 0.1) is 25.4 Å². The second-order valence-corrected chi connectivity index (χ2v) is 6.42. The SMILES string of the molecule is COCC(C)NC(N)=NCc1cccc(COC(C)(C)C)c1.I. The standard InChI is InChI=1S/C17H29N3O2.HI/c1-13(11-21-5)20-16(18)19-10-14-7-6-8-15(9-14)12-22-17(2,3)4;/h6-9,13H,10-12H2,1-5H3,(H3,18,19,20);1H. The van der Waals surface area contributed by atoms with Crippen molar-refractivity contribution < 1.29 is 9.47 Å². The minimum atomic E-state index is -0.139. The number of nitrogens with zero attached hydrogens (tertiary/aromatic N) is 1. The zero-order valence-electron chi connectivity index (χ0n) is 14.8. The Bertz CT molecular complexity index is 487. The predicted molar refractivity (Wildman–Crippen MR) is 106 cm³/mol. The molecule has 0 fully saturated rings. The van der Waals surface area contributed by atoms with E-state index in [1.807, 2.05) is 19.1 Å². The van der Waals surface area contributed by atoms with Crippen LogP contribution in [0.2, 0.25) is 0 Å². The quantitative estimate of drug-likeness (QED) is 0.393. The van der Waals surface area contributed by atoms with Gasteiger partial charge in [-0.1, -0.05) is 24.3 Å². The Labute approximate surface area is 157 Å². The molecule has 0 aliphatic rings. The lowest BCUT2D eigenvalue weighted by Gasteiger charge is -2.19. The molecule has 0 amide bonds. The smallest absolute Gasteiger partial charge is 0.189 e. The number of halogens is 1. The zero-order valence-corrected chi connectivity index (χ0v) is 17.1. The number of ether oxygens (including phenoxy) is 2. The van der Waals surface area contributed by atoms with E-state index in [9.17, 15) is 0 Å². The first-order valence-corrected chi connectivity index (χ1v) is 7.57. The average Bonchev–Trinajstić information content (AvgIpc) is 2.43. The minimum Gasteiger partial charge on any atom is -0.383 e. The van der Waals surface area contributed by atoms with Crippen LogP contribution in [-0.2, 0) is 22.6 Å². The summed E-state index contributed by atoms with van der Waals surface area (Å²) in [6.07, 6.45) is 0. The van der Waals surface area contributed by atoms with Crippen molar-refractivity contribution in [3.05, 3.63) is 35.4 Å². The number of nitrogens with one attached hydrogen (secondary N) is 1. The highest BCUT2D eigenvalue weighted by Gasteiger charge is 2.10. The van der Waals surface area contributed by atoms with E-state index in [0.717, 1.165) is 11.1 Å². The Balaban J connectivity index is 0.00000484. The number of guanidine groups is 1. The van der Waals surface area contributed by atoms with E-state index in [1.54, 1.807) is 7.11 Å². The first kappa shape index (κ1) is 22.1. The van der Waals surface area contributed by atoms with E-state index < -0.39 is 0 Å². The van der Waals surface area contributed by atoms with Crippen LogP contribution in [0.5, 0.6) is 0 Å². The normalized spacial score (nSPS) is 13.3. The molecule has 23 heavy (non-hydrogen) atoms. The van der Waals surface area contributed by atoms with Crippen LogP contribution >= 0.6 is 24.0 Å². The summed E-state index contributed by atoms with van der Waals surface area (Å²) in [4.78, 5) is 4.35. The lowest BCUT2D eigenvalue weighted by atomic mass is 10.1. The third-order valence-corrected chi connectivity index (χ3v) is 2.91. The summed E-state index contributed by atoms with van der Waals surface area (Å²) in [5.74, 6) is 0.431. The third kappa shape index (κ3) is 10.5. The summed E-state index contributed by atoms with van der Waals surface area (Å²) in [5, 5.41) is 3.09. The number of hydrogen-bond donors (Lipinski definition) is 2. The maximum atomic E-state index is 5.87. The molecule has 1 aromatic rings. The van der Waals surface area contributed by atoms with Gasteiger partial charge in [-0.3, -0.25) is 0 Å². The van der Waals surface area contributed by atoms with Crippen molar-refractivity contribution in [2.75, 3.05) is 13.7 Å². The molecule has 0 saturated carbocycles. The fourth-order valence-electron chi connectivity index (χ4n) is 1.88. The summed E-state index contributed by atoms with van der Waals surface area (Å²) in [5.41, 5.74) is 7.98. The lowest BCUT2D eigenvalue weighted by Crippen LogP contribution is -2.40. The monoisotopic (exact) mass is 435 g/mol. The van der Waals surface area contributed by atoms with Crippen LogP contribution in [0.4, 0.5) is 0 Å². The first-order valence-electron chi connectivity index (χ1n) is 7.57. The first-order chi connectivity index (χ1) is 10.3. The van der Waals surface area contributed by atoms with Gasteiger partial charge in [0.2, 0.25) is 0 Å². The van der Waals surface area contributed by atoms with Gasteiger partial charge in [-0.15, -0.1) is 24.0 Å². The predicted octanol–water partition coefficient (Wildman–Crippen LogP) is 3.06. The van der Waals surface area contributed by atoms with E-state index in [-0.39, 0.29) is 35.6 Å². The van der Waals surface area contributed by atoms with Crippen molar-refractivity contribution >= 4 is 29.9 Å². The number of nitrogens with two attached hydrogens (primary N) is 1. The zero-order chi connectivity index (χ0) is 16.6. The molecule has 1 aromatic carbocycles. The summed E-state index contributed by atoms with van der Waals surface area (Å²) < 4.78 is 10.8. The maximum Gasteiger partial charge on any atom is 0.189 e. The molecule has 0 bridgehead atoms. The van der Waals surface area contributed by atoms with E-state index in [4.69, 9.17) is 15.2 Å². The summed E-state index contributed by atoms with van der Waals surface area (Å²) in [7, 11) is 1.66. The highest BCUT2D eigenvalue weighted by molar-refractivity contribution is 14.0. The second-order valence-electron chi connectivity index (χ2n) is 6.42. The van der Waals surface area contributed by atoms with Gasteiger partial charge >= 0.3 is 0 Å². The Morgan fingerprint density at radius 3 is 2.57 bits per heavy atom. The highest BCUT2D eigenvalue weighted by Crippen LogP contribution is 2.13. The van der Waals surface area contributed by atoms with Crippen molar-refractivity contribution in [1.82, 2.24) is 5.32 Å². The molecule has 1 rings (SSSR count). The molecule has 6 heteroatoms. The molecular weight excluding hydrogens is 405 g/mol. The van der Waals surface area contributed by atoms with Gasteiger partial charge in [0.25, 0.3) is 0 Å². The molecule has 0 aliphatic heterocycles. The Morgan fingerprint density at radius 1 is 1.30 bits per heavy atom. The summed E-state index contributed by atoms with van der Waals surface area (Å²) >= 11 is 0. The van der Waals surface area contributed by atoms with Gasteiger partial charge in [0.15, 0.2) is 5.96 Å². The van der Waals surface area contributed by atoms with Gasteiger partial charge in [0.1, 0.15) is 0 Å². The third-order valence-electron chi connectivity index (χ3n) is 2.91. The van der Waals surface area contributed by atoms with Crippen molar-refractivity contribution in [3.63, 3.8) is 0 Å². The van der Waals surface area contributed by atoms with Crippen LogP contribution < -0.4 is 11.1 Å². The summed E-state index contributed by atoms with van der Waals surface area (Å²) in [6.45, 7) is 9.88. The molecule has 132 valence electrons. The van der Waals surface area contributed by atoms with Gasteiger partial charge in [-0.25, -0.2) is 4.99 Å². The van der Waals surface area contributed by atoms with Crippen molar-refractivity contribution in [3.8, 4) is 0 Å². The molecule has 1 atom stereocenters. The van der Waals surface area contributed by atoms with E-state index in [0.29, 0.717) is 25.7 Å². The fraction of sp³-hybridized carbons (Fsp3) is 0.588. The van der Waals surface area contributed by atoms with E-state index >= 15 is 0 Å². The molecule has 1 unspecified atom stereocenters. The molecular formula is C17H30IN3O2. The Morgan fingerprint density at radius 2 is 1.96 bits per heavy atom.